The number of halogens is 3. The largest absolute Gasteiger partial charge is 0.416 e. The summed E-state index contributed by atoms with van der Waals surface area (Å²) in [5.41, 5.74) is -1.01. The van der Waals surface area contributed by atoms with Gasteiger partial charge in [0.1, 0.15) is 0 Å². The van der Waals surface area contributed by atoms with Crippen LogP contribution < -0.4 is 4.72 Å². The average Bonchev–Trinajstić information content (AvgIpc) is 2.34. The lowest BCUT2D eigenvalue weighted by molar-refractivity contribution is -0.137. The monoisotopic (exact) mass is 297 g/mol. The summed E-state index contributed by atoms with van der Waals surface area (Å²) in [6.07, 6.45) is -3.75. The smallest absolute Gasteiger partial charge is 0.396 e. The Hall–Kier alpha value is -1.12. The molecule has 4 nitrogen and oxygen atoms in total. The quantitative estimate of drug-likeness (QED) is 0.786. The maximum absolute atomic E-state index is 12.5. The van der Waals surface area contributed by atoms with Crippen LogP contribution in [0.3, 0.4) is 0 Å². The van der Waals surface area contributed by atoms with Crippen LogP contribution in [-0.2, 0) is 16.2 Å². The molecule has 0 aliphatic heterocycles. The highest BCUT2D eigenvalue weighted by Crippen LogP contribution is 2.30. The molecule has 0 saturated carbocycles. The van der Waals surface area contributed by atoms with Gasteiger partial charge in [0.05, 0.1) is 10.5 Å². The van der Waals surface area contributed by atoms with Crippen LogP contribution in [0.2, 0.25) is 0 Å². The molecular weight excluding hydrogens is 283 g/mol. The normalized spacial score (nSPS) is 12.6. The summed E-state index contributed by atoms with van der Waals surface area (Å²) < 4.78 is 63.0. The molecule has 0 amide bonds. The number of benzene rings is 1. The number of aliphatic hydroxyl groups is 1. The second-order valence-corrected chi connectivity index (χ2v) is 5.62. The Kier molecular flexibility index (Phi) is 5.33. The molecule has 0 aromatic heterocycles. The van der Waals surface area contributed by atoms with E-state index in [4.69, 9.17) is 5.11 Å². The van der Waals surface area contributed by atoms with Crippen molar-refractivity contribution in [3.8, 4) is 0 Å². The molecule has 0 bridgehead atoms. The molecule has 0 heterocycles. The van der Waals surface area contributed by atoms with E-state index in [-0.39, 0.29) is 13.2 Å². The van der Waals surface area contributed by atoms with E-state index < -0.39 is 26.7 Å². The van der Waals surface area contributed by atoms with Crippen LogP contribution in [0.4, 0.5) is 13.2 Å². The van der Waals surface area contributed by atoms with Gasteiger partial charge in [-0.05, 0) is 31.0 Å². The molecule has 1 aromatic carbocycles. The van der Waals surface area contributed by atoms with Crippen molar-refractivity contribution in [3.05, 3.63) is 29.8 Å². The van der Waals surface area contributed by atoms with Gasteiger partial charge in [-0.3, -0.25) is 0 Å². The van der Waals surface area contributed by atoms with Crippen molar-refractivity contribution in [1.82, 2.24) is 4.72 Å². The van der Waals surface area contributed by atoms with E-state index in [2.05, 4.69) is 4.72 Å². The van der Waals surface area contributed by atoms with E-state index in [0.29, 0.717) is 18.9 Å². The lowest BCUT2D eigenvalue weighted by Crippen LogP contribution is -2.25. The van der Waals surface area contributed by atoms with Crippen molar-refractivity contribution in [2.75, 3.05) is 13.2 Å². The first-order valence-electron chi connectivity index (χ1n) is 5.55. The van der Waals surface area contributed by atoms with Crippen LogP contribution in [0.25, 0.3) is 0 Å². The van der Waals surface area contributed by atoms with Crippen LogP contribution >= 0.6 is 0 Å². The van der Waals surface area contributed by atoms with E-state index in [1.54, 1.807) is 0 Å². The summed E-state index contributed by atoms with van der Waals surface area (Å²) in [5.74, 6) is 0. The Morgan fingerprint density at radius 1 is 1.21 bits per heavy atom. The lowest BCUT2D eigenvalue weighted by Gasteiger charge is -2.10. The minimum absolute atomic E-state index is 0.0642. The fraction of sp³-hybridized carbons (Fsp3) is 0.455. The first-order chi connectivity index (χ1) is 8.77. The molecule has 19 heavy (non-hydrogen) atoms. The maximum atomic E-state index is 12.5. The van der Waals surface area contributed by atoms with E-state index in [1.807, 2.05) is 0 Å². The summed E-state index contributed by atoms with van der Waals surface area (Å²) in [7, 11) is -3.96. The molecule has 0 aliphatic rings. The molecule has 0 saturated heterocycles. The molecule has 0 radical (unpaired) electrons. The third-order valence-corrected chi connectivity index (χ3v) is 3.81. The van der Waals surface area contributed by atoms with Gasteiger partial charge in [-0.25, -0.2) is 13.1 Å². The van der Waals surface area contributed by atoms with Gasteiger partial charge in [0.25, 0.3) is 0 Å². The maximum Gasteiger partial charge on any atom is 0.416 e. The van der Waals surface area contributed by atoms with Crippen LogP contribution in [-0.4, -0.2) is 26.7 Å². The second-order valence-electron chi connectivity index (χ2n) is 3.85. The number of nitrogens with one attached hydrogen (secondary N) is 1. The van der Waals surface area contributed by atoms with Crippen molar-refractivity contribution in [2.45, 2.75) is 23.9 Å². The lowest BCUT2D eigenvalue weighted by atomic mass is 10.2. The number of unbranched alkanes of at least 4 members (excludes halogenated alkanes) is 1. The topological polar surface area (TPSA) is 66.4 Å². The van der Waals surface area contributed by atoms with E-state index in [0.717, 1.165) is 18.2 Å². The first kappa shape index (κ1) is 15.9. The van der Waals surface area contributed by atoms with Gasteiger partial charge in [0, 0.05) is 13.2 Å². The zero-order chi connectivity index (χ0) is 14.5. The number of aliphatic hydroxyl groups excluding tert-OH is 1. The summed E-state index contributed by atoms with van der Waals surface area (Å²) in [6, 6.07) is 3.55. The van der Waals surface area contributed by atoms with Crippen LogP contribution in [0.1, 0.15) is 18.4 Å². The Labute approximate surface area is 109 Å². The summed E-state index contributed by atoms with van der Waals surface area (Å²) >= 11 is 0. The highest BCUT2D eigenvalue weighted by Gasteiger charge is 2.31. The van der Waals surface area contributed by atoms with Gasteiger partial charge in [-0.15, -0.1) is 0 Å². The van der Waals surface area contributed by atoms with Gasteiger partial charge >= 0.3 is 6.18 Å². The molecule has 108 valence electrons. The minimum Gasteiger partial charge on any atom is -0.396 e. The number of rotatable bonds is 6. The van der Waals surface area contributed by atoms with Crippen LogP contribution in [0, 0.1) is 0 Å². The van der Waals surface area contributed by atoms with Crippen LogP contribution in [0.15, 0.2) is 29.2 Å². The van der Waals surface area contributed by atoms with Crippen molar-refractivity contribution >= 4 is 10.0 Å². The zero-order valence-electron chi connectivity index (χ0n) is 9.94. The predicted molar refractivity (Wildman–Crippen MR) is 63.0 cm³/mol. The van der Waals surface area contributed by atoms with E-state index in [1.165, 1.54) is 0 Å². The Morgan fingerprint density at radius 3 is 2.47 bits per heavy atom. The molecule has 1 rings (SSSR count). The number of sulfonamides is 1. The van der Waals surface area contributed by atoms with Gasteiger partial charge < -0.3 is 5.11 Å². The molecule has 0 unspecified atom stereocenters. The third-order valence-electron chi connectivity index (χ3n) is 2.35. The van der Waals surface area contributed by atoms with Gasteiger partial charge in [0.2, 0.25) is 10.0 Å². The number of hydrogen-bond donors (Lipinski definition) is 2. The summed E-state index contributed by atoms with van der Waals surface area (Å²) in [4.78, 5) is -0.425. The Bertz CT molecular complexity index is 514. The standard InChI is InChI=1S/C11H14F3NO3S/c12-11(13,14)9-4-3-5-10(8-9)19(17,18)15-6-1-2-7-16/h3-5,8,15-16H,1-2,6-7H2. The highest BCUT2D eigenvalue weighted by atomic mass is 32.2. The number of alkyl halides is 3. The molecule has 0 fully saturated rings. The molecule has 2 N–H and O–H groups in total. The molecule has 0 atom stereocenters. The molecule has 0 aliphatic carbocycles. The number of hydrogen-bond acceptors (Lipinski definition) is 3. The minimum atomic E-state index is -4.58. The molecule has 8 heteroatoms. The summed E-state index contributed by atoms with van der Waals surface area (Å²) in [5, 5.41) is 8.54. The van der Waals surface area contributed by atoms with Crippen molar-refractivity contribution in [3.63, 3.8) is 0 Å². The second kappa shape index (κ2) is 6.36. The van der Waals surface area contributed by atoms with Crippen molar-refractivity contribution in [2.24, 2.45) is 0 Å². The fourth-order valence-corrected chi connectivity index (χ4v) is 2.49. The van der Waals surface area contributed by atoms with Crippen LogP contribution in [0.5, 0.6) is 0 Å². The third kappa shape index (κ3) is 4.81. The predicted octanol–water partition coefficient (Wildman–Crippen LogP) is 1.76. The summed E-state index contributed by atoms with van der Waals surface area (Å²) in [6.45, 7) is 0.00439. The fourth-order valence-electron chi connectivity index (χ4n) is 1.37. The zero-order valence-corrected chi connectivity index (χ0v) is 10.8. The Balaban J connectivity index is 2.84. The molecule has 0 spiro atoms. The van der Waals surface area contributed by atoms with Gasteiger partial charge in [0.15, 0.2) is 0 Å². The van der Waals surface area contributed by atoms with Crippen molar-refractivity contribution in [1.29, 1.82) is 0 Å². The highest BCUT2D eigenvalue weighted by molar-refractivity contribution is 7.89. The SMILES string of the molecule is O=S(=O)(NCCCCO)c1cccc(C(F)(F)F)c1. The average molecular weight is 297 g/mol. The van der Waals surface area contributed by atoms with E-state index in [9.17, 15) is 21.6 Å². The van der Waals surface area contributed by atoms with E-state index >= 15 is 0 Å². The van der Waals surface area contributed by atoms with Gasteiger partial charge in [-0.1, -0.05) is 6.07 Å². The molecule has 1 aromatic rings. The van der Waals surface area contributed by atoms with Crippen molar-refractivity contribution < 1.29 is 26.7 Å². The first-order valence-corrected chi connectivity index (χ1v) is 7.03. The Morgan fingerprint density at radius 2 is 1.89 bits per heavy atom. The van der Waals surface area contributed by atoms with Gasteiger partial charge in [-0.2, -0.15) is 13.2 Å². The molecular formula is C11H14F3NO3S.